The van der Waals surface area contributed by atoms with Crippen molar-refractivity contribution in [2.45, 2.75) is 32.6 Å². The molecule has 0 aliphatic heterocycles. The summed E-state index contributed by atoms with van der Waals surface area (Å²) in [7, 11) is 0. The summed E-state index contributed by atoms with van der Waals surface area (Å²) in [6.45, 7) is 2.02. The zero-order valence-corrected chi connectivity index (χ0v) is 8.20. The van der Waals surface area contributed by atoms with Crippen LogP contribution < -0.4 is 0 Å². The van der Waals surface area contributed by atoms with E-state index in [4.69, 9.17) is 4.42 Å². The standard InChI is InChI=1S/C9H11BrO/c1-6-9(10)7-4-2-3-5-8(7)11-6/h2-5H2,1H3. The summed E-state index contributed by atoms with van der Waals surface area (Å²) in [4.78, 5) is 0. The van der Waals surface area contributed by atoms with Crippen LogP contribution in [0.15, 0.2) is 8.89 Å². The normalized spacial score (nSPS) is 16.5. The molecule has 0 atom stereocenters. The van der Waals surface area contributed by atoms with E-state index in [0.717, 1.165) is 12.2 Å². The highest BCUT2D eigenvalue weighted by atomic mass is 79.9. The Balaban J connectivity index is 2.50. The minimum Gasteiger partial charge on any atom is -0.465 e. The molecule has 0 unspecified atom stereocenters. The van der Waals surface area contributed by atoms with Crippen LogP contribution in [0.3, 0.4) is 0 Å². The maximum Gasteiger partial charge on any atom is 0.115 e. The Bertz CT molecular complexity index is 275. The van der Waals surface area contributed by atoms with Crippen molar-refractivity contribution in [2.24, 2.45) is 0 Å². The van der Waals surface area contributed by atoms with Crippen molar-refractivity contribution >= 4 is 15.9 Å². The van der Waals surface area contributed by atoms with E-state index in [1.165, 1.54) is 35.1 Å². The Hall–Kier alpha value is -0.240. The number of fused-ring (bicyclic) bond motifs is 1. The second-order valence-corrected chi connectivity index (χ2v) is 3.87. The number of aryl methyl sites for hydroxylation is 2. The lowest BCUT2D eigenvalue weighted by Crippen LogP contribution is -1.98. The highest BCUT2D eigenvalue weighted by molar-refractivity contribution is 9.10. The van der Waals surface area contributed by atoms with Gasteiger partial charge in [0.2, 0.25) is 0 Å². The Morgan fingerprint density at radius 2 is 2.00 bits per heavy atom. The van der Waals surface area contributed by atoms with Crippen molar-refractivity contribution in [1.82, 2.24) is 0 Å². The Morgan fingerprint density at radius 1 is 1.27 bits per heavy atom. The lowest BCUT2D eigenvalue weighted by atomic mass is 9.99. The molecular weight excluding hydrogens is 204 g/mol. The average Bonchev–Trinajstić information content (AvgIpc) is 2.30. The molecule has 1 aromatic rings. The summed E-state index contributed by atoms with van der Waals surface area (Å²) in [5, 5.41) is 0. The molecule has 0 aromatic carbocycles. The molecular formula is C9H11BrO. The first-order chi connectivity index (χ1) is 5.29. The van der Waals surface area contributed by atoms with E-state index < -0.39 is 0 Å². The van der Waals surface area contributed by atoms with Crippen LogP contribution in [0.5, 0.6) is 0 Å². The lowest BCUT2D eigenvalue weighted by Gasteiger charge is -2.08. The van der Waals surface area contributed by atoms with Gasteiger partial charge in [-0.25, -0.2) is 0 Å². The first kappa shape index (κ1) is 7.41. The van der Waals surface area contributed by atoms with Gasteiger partial charge in [0.15, 0.2) is 0 Å². The van der Waals surface area contributed by atoms with Crippen molar-refractivity contribution < 1.29 is 4.42 Å². The van der Waals surface area contributed by atoms with Gasteiger partial charge in [-0.2, -0.15) is 0 Å². The summed E-state index contributed by atoms with van der Waals surface area (Å²) < 4.78 is 6.79. The third-order valence-electron chi connectivity index (χ3n) is 2.27. The molecule has 0 amide bonds. The topological polar surface area (TPSA) is 13.1 Å². The SMILES string of the molecule is Cc1oc2c(c1Br)CCCC2. The molecule has 0 radical (unpaired) electrons. The molecule has 0 saturated heterocycles. The van der Waals surface area contributed by atoms with E-state index in [9.17, 15) is 0 Å². The van der Waals surface area contributed by atoms with Gasteiger partial charge in [0.25, 0.3) is 0 Å². The predicted octanol–water partition coefficient (Wildman–Crippen LogP) is 3.23. The molecule has 0 N–H and O–H groups in total. The molecule has 1 nitrogen and oxygen atoms in total. The Labute approximate surface area is 74.9 Å². The van der Waals surface area contributed by atoms with Crippen LogP contribution in [-0.2, 0) is 12.8 Å². The van der Waals surface area contributed by atoms with Gasteiger partial charge in [0.05, 0.1) is 4.47 Å². The average molecular weight is 215 g/mol. The molecule has 0 saturated carbocycles. The molecule has 2 heteroatoms. The molecule has 0 bridgehead atoms. The van der Waals surface area contributed by atoms with Crippen LogP contribution in [0.1, 0.15) is 29.9 Å². The van der Waals surface area contributed by atoms with Crippen molar-refractivity contribution in [3.05, 3.63) is 21.6 Å². The van der Waals surface area contributed by atoms with Crippen LogP contribution in [-0.4, -0.2) is 0 Å². The van der Waals surface area contributed by atoms with Crippen molar-refractivity contribution in [3.8, 4) is 0 Å². The third kappa shape index (κ3) is 1.13. The molecule has 1 aromatic heterocycles. The van der Waals surface area contributed by atoms with Crippen molar-refractivity contribution in [3.63, 3.8) is 0 Å². The van der Waals surface area contributed by atoms with Gasteiger partial charge in [0, 0.05) is 12.0 Å². The molecule has 1 heterocycles. The van der Waals surface area contributed by atoms with Gasteiger partial charge in [-0.05, 0) is 42.1 Å². The van der Waals surface area contributed by atoms with E-state index >= 15 is 0 Å². The highest BCUT2D eigenvalue weighted by Crippen LogP contribution is 2.32. The largest absolute Gasteiger partial charge is 0.465 e. The minimum absolute atomic E-state index is 1.04. The van der Waals surface area contributed by atoms with Gasteiger partial charge < -0.3 is 4.42 Å². The maximum atomic E-state index is 5.59. The van der Waals surface area contributed by atoms with E-state index in [1.54, 1.807) is 0 Å². The summed E-state index contributed by atoms with van der Waals surface area (Å²) in [5.41, 5.74) is 1.41. The predicted molar refractivity (Wildman–Crippen MR) is 47.8 cm³/mol. The Kier molecular flexibility index (Phi) is 1.80. The van der Waals surface area contributed by atoms with Crippen molar-refractivity contribution in [2.75, 3.05) is 0 Å². The first-order valence-corrected chi connectivity index (χ1v) is 4.85. The van der Waals surface area contributed by atoms with Crippen LogP contribution in [0.4, 0.5) is 0 Å². The molecule has 60 valence electrons. The molecule has 0 spiro atoms. The van der Waals surface area contributed by atoms with E-state index in [0.29, 0.717) is 0 Å². The van der Waals surface area contributed by atoms with E-state index in [-0.39, 0.29) is 0 Å². The quantitative estimate of drug-likeness (QED) is 0.647. The Morgan fingerprint density at radius 3 is 2.73 bits per heavy atom. The van der Waals surface area contributed by atoms with Gasteiger partial charge in [-0.15, -0.1) is 0 Å². The van der Waals surface area contributed by atoms with Crippen LogP contribution in [0.25, 0.3) is 0 Å². The van der Waals surface area contributed by atoms with Gasteiger partial charge in [-0.3, -0.25) is 0 Å². The van der Waals surface area contributed by atoms with Gasteiger partial charge in [0.1, 0.15) is 11.5 Å². The zero-order valence-electron chi connectivity index (χ0n) is 6.61. The fourth-order valence-electron chi connectivity index (χ4n) is 1.66. The fourth-order valence-corrected chi connectivity index (χ4v) is 2.16. The first-order valence-electron chi connectivity index (χ1n) is 4.05. The van der Waals surface area contributed by atoms with Gasteiger partial charge >= 0.3 is 0 Å². The minimum atomic E-state index is 1.04. The second-order valence-electron chi connectivity index (χ2n) is 3.08. The maximum absolute atomic E-state index is 5.59. The monoisotopic (exact) mass is 214 g/mol. The molecule has 0 fully saturated rings. The molecule has 1 aliphatic rings. The number of hydrogen-bond acceptors (Lipinski definition) is 1. The summed E-state index contributed by atoms with van der Waals surface area (Å²) in [5.74, 6) is 2.25. The van der Waals surface area contributed by atoms with E-state index in [2.05, 4.69) is 15.9 Å². The number of rotatable bonds is 0. The summed E-state index contributed by atoms with van der Waals surface area (Å²) >= 11 is 3.54. The number of furan rings is 1. The number of hydrogen-bond donors (Lipinski definition) is 0. The lowest BCUT2D eigenvalue weighted by molar-refractivity contribution is 0.457. The number of halogens is 1. The second kappa shape index (κ2) is 2.67. The van der Waals surface area contributed by atoms with Crippen LogP contribution >= 0.6 is 15.9 Å². The van der Waals surface area contributed by atoms with Crippen LogP contribution in [0, 0.1) is 6.92 Å². The molecule has 11 heavy (non-hydrogen) atoms. The van der Waals surface area contributed by atoms with Crippen LogP contribution in [0.2, 0.25) is 0 Å². The van der Waals surface area contributed by atoms with E-state index in [1.807, 2.05) is 6.92 Å². The highest BCUT2D eigenvalue weighted by Gasteiger charge is 2.18. The zero-order chi connectivity index (χ0) is 7.84. The fraction of sp³-hybridized carbons (Fsp3) is 0.556. The van der Waals surface area contributed by atoms with Gasteiger partial charge in [-0.1, -0.05) is 0 Å². The smallest absolute Gasteiger partial charge is 0.115 e. The summed E-state index contributed by atoms with van der Waals surface area (Å²) in [6, 6.07) is 0. The molecule has 2 rings (SSSR count). The summed E-state index contributed by atoms with van der Waals surface area (Å²) in [6.07, 6.45) is 4.91. The van der Waals surface area contributed by atoms with Crippen molar-refractivity contribution in [1.29, 1.82) is 0 Å². The molecule has 1 aliphatic carbocycles. The third-order valence-corrected chi connectivity index (χ3v) is 3.30.